The summed E-state index contributed by atoms with van der Waals surface area (Å²) in [5.74, 6) is 0.137. The molecule has 0 heterocycles. The molecule has 4 N–H and O–H groups in total. The molecule has 2 rings (SSSR count). The van der Waals surface area contributed by atoms with Crippen LogP contribution in [0.15, 0.2) is 29.4 Å². The second-order valence-corrected chi connectivity index (χ2v) is 4.88. The van der Waals surface area contributed by atoms with Crippen molar-refractivity contribution in [1.82, 2.24) is 5.32 Å². The van der Waals surface area contributed by atoms with Gasteiger partial charge >= 0.3 is 0 Å². The summed E-state index contributed by atoms with van der Waals surface area (Å²) in [5, 5.41) is 15.2. The van der Waals surface area contributed by atoms with Crippen molar-refractivity contribution in [3.8, 4) is 0 Å². The van der Waals surface area contributed by atoms with Crippen LogP contribution < -0.4 is 11.1 Å². The Labute approximate surface area is 113 Å². The fraction of sp³-hybridized carbons (Fsp3) is 0.500. The molecule has 19 heavy (non-hydrogen) atoms. The highest BCUT2D eigenvalue weighted by molar-refractivity contribution is 5.97. The van der Waals surface area contributed by atoms with Crippen molar-refractivity contribution in [3.63, 3.8) is 0 Å². The first-order chi connectivity index (χ1) is 9.24. The second-order valence-electron chi connectivity index (χ2n) is 4.88. The summed E-state index contributed by atoms with van der Waals surface area (Å²) in [7, 11) is 1.77. The van der Waals surface area contributed by atoms with Crippen LogP contribution in [-0.2, 0) is 11.3 Å². The highest BCUT2D eigenvalue weighted by Gasteiger charge is 2.26. The Balaban J connectivity index is 1.96. The van der Waals surface area contributed by atoms with E-state index in [1.807, 2.05) is 24.3 Å². The van der Waals surface area contributed by atoms with Gasteiger partial charge in [0.2, 0.25) is 0 Å². The van der Waals surface area contributed by atoms with Gasteiger partial charge in [-0.15, -0.1) is 0 Å². The quantitative estimate of drug-likeness (QED) is 0.325. The molecule has 104 valence electrons. The summed E-state index contributed by atoms with van der Waals surface area (Å²) < 4.78 is 5.46. The lowest BCUT2D eigenvalue weighted by molar-refractivity contribution is 0.0847. The average Bonchev–Trinajstić information content (AvgIpc) is 2.92. The Hall–Kier alpha value is -1.59. The lowest BCUT2D eigenvalue weighted by Crippen LogP contribution is -2.36. The smallest absolute Gasteiger partial charge is 0.170 e. The maximum atomic E-state index is 8.68. The third-order valence-corrected chi connectivity index (χ3v) is 3.65. The number of amidine groups is 1. The molecular weight excluding hydrogens is 242 g/mol. The molecule has 1 aromatic carbocycles. The van der Waals surface area contributed by atoms with Gasteiger partial charge in [-0.25, -0.2) is 0 Å². The predicted octanol–water partition coefficient (Wildman–Crippen LogP) is 1.44. The summed E-state index contributed by atoms with van der Waals surface area (Å²) in [4.78, 5) is 0. The first kappa shape index (κ1) is 13.8. The molecule has 0 amide bonds. The zero-order valence-electron chi connectivity index (χ0n) is 11.2. The molecular formula is C14H21N3O2. The Kier molecular flexibility index (Phi) is 4.76. The van der Waals surface area contributed by atoms with Crippen LogP contribution in [0, 0.1) is 0 Å². The number of rotatable bonds is 5. The van der Waals surface area contributed by atoms with Crippen LogP contribution in [0.2, 0.25) is 0 Å². The number of nitrogens with zero attached hydrogens (tertiary/aromatic N) is 1. The molecule has 5 heteroatoms. The molecule has 1 aliphatic rings. The van der Waals surface area contributed by atoms with E-state index in [0.717, 1.165) is 30.5 Å². The standard InChI is InChI=1S/C14H21N3O2/c1-19-13-7-3-6-12(13)16-9-10-4-2-5-11(8-10)14(15)17-18/h2,4-5,8,12-13,16,18H,3,6-7,9H2,1H3,(H2,15,17). The van der Waals surface area contributed by atoms with E-state index in [1.165, 1.54) is 6.42 Å². The number of oxime groups is 1. The minimum Gasteiger partial charge on any atom is -0.409 e. The highest BCUT2D eigenvalue weighted by atomic mass is 16.5. The van der Waals surface area contributed by atoms with Crippen molar-refractivity contribution in [2.75, 3.05) is 7.11 Å². The van der Waals surface area contributed by atoms with Gasteiger partial charge in [0.1, 0.15) is 0 Å². The molecule has 1 saturated carbocycles. The zero-order valence-corrected chi connectivity index (χ0v) is 11.2. The van der Waals surface area contributed by atoms with Crippen LogP contribution in [0.1, 0.15) is 30.4 Å². The zero-order chi connectivity index (χ0) is 13.7. The summed E-state index contributed by atoms with van der Waals surface area (Å²) in [6.45, 7) is 0.761. The lowest BCUT2D eigenvalue weighted by Gasteiger charge is -2.19. The summed E-state index contributed by atoms with van der Waals surface area (Å²) in [6.07, 6.45) is 3.80. The van der Waals surface area contributed by atoms with Gasteiger partial charge in [0, 0.05) is 25.3 Å². The fourth-order valence-electron chi connectivity index (χ4n) is 2.59. The van der Waals surface area contributed by atoms with Crippen molar-refractivity contribution in [1.29, 1.82) is 0 Å². The predicted molar refractivity (Wildman–Crippen MR) is 74.2 cm³/mol. The molecule has 0 saturated heterocycles. The van der Waals surface area contributed by atoms with Crippen LogP contribution in [0.25, 0.3) is 0 Å². The van der Waals surface area contributed by atoms with Gasteiger partial charge in [0.05, 0.1) is 6.10 Å². The lowest BCUT2D eigenvalue weighted by atomic mass is 10.1. The fourth-order valence-corrected chi connectivity index (χ4v) is 2.59. The number of ether oxygens (including phenoxy) is 1. The van der Waals surface area contributed by atoms with E-state index >= 15 is 0 Å². The summed E-state index contributed by atoms with van der Waals surface area (Å²) in [6, 6.07) is 8.10. The SMILES string of the molecule is COC1CCCC1NCc1cccc(C(N)=NO)c1. The van der Waals surface area contributed by atoms with Gasteiger partial charge in [-0.2, -0.15) is 0 Å². The molecule has 0 spiro atoms. The van der Waals surface area contributed by atoms with Crippen LogP contribution in [0.4, 0.5) is 0 Å². The number of methoxy groups -OCH3 is 1. The van der Waals surface area contributed by atoms with Gasteiger partial charge < -0.3 is 21.0 Å². The molecule has 2 unspecified atom stereocenters. The molecule has 1 aromatic rings. The summed E-state index contributed by atoms with van der Waals surface area (Å²) >= 11 is 0. The second kappa shape index (κ2) is 6.54. The van der Waals surface area contributed by atoms with E-state index in [2.05, 4.69) is 10.5 Å². The maximum absolute atomic E-state index is 8.68. The maximum Gasteiger partial charge on any atom is 0.170 e. The first-order valence-electron chi connectivity index (χ1n) is 6.57. The van der Waals surface area contributed by atoms with Gasteiger partial charge in [0.25, 0.3) is 0 Å². The highest BCUT2D eigenvalue weighted by Crippen LogP contribution is 2.21. The largest absolute Gasteiger partial charge is 0.409 e. The molecule has 0 aliphatic heterocycles. The molecule has 0 aromatic heterocycles. The molecule has 5 nitrogen and oxygen atoms in total. The average molecular weight is 263 g/mol. The Morgan fingerprint density at radius 2 is 2.37 bits per heavy atom. The van der Waals surface area contributed by atoms with Crippen molar-refractivity contribution >= 4 is 5.84 Å². The number of benzene rings is 1. The number of nitrogens with two attached hydrogens (primary N) is 1. The van der Waals surface area contributed by atoms with E-state index < -0.39 is 0 Å². The van der Waals surface area contributed by atoms with E-state index in [0.29, 0.717) is 12.1 Å². The van der Waals surface area contributed by atoms with Crippen LogP contribution in [0.3, 0.4) is 0 Å². The van der Waals surface area contributed by atoms with Gasteiger partial charge in [-0.1, -0.05) is 23.4 Å². The van der Waals surface area contributed by atoms with Crippen molar-refractivity contribution in [2.24, 2.45) is 10.9 Å². The molecule has 0 radical (unpaired) electrons. The third-order valence-electron chi connectivity index (χ3n) is 3.65. The first-order valence-corrected chi connectivity index (χ1v) is 6.57. The van der Waals surface area contributed by atoms with Crippen LogP contribution >= 0.6 is 0 Å². The van der Waals surface area contributed by atoms with E-state index in [1.54, 1.807) is 7.11 Å². The Bertz CT molecular complexity index is 448. The van der Waals surface area contributed by atoms with E-state index in [4.69, 9.17) is 15.7 Å². The number of hydrogen-bond donors (Lipinski definition) is 3. The molecule has 0 bridgehead atoms. The van der Waals surface area contributed by atoms with Gasteiger partial charge in [-0.3, -0.25) is 0 Å². The van der Waals surface area contributed by atoms with Crippen molar-refractivity contribution in [2.45, 2.75) is 38.0 Å². The molecule has 1 fully saturated rings. The van der Waals surface area contributed by atoms with E-state index in [-0.39, 0.29) is 5.84 Å². The van der Waals surface area contributed by atoms with E-state index in [9.17, 15) is 0 Å². The van der Waals surface area contributed by atoms with Crippen LogP contribution in [0.5, 0.6) is 0 Å². The van der Waals surface area contributed by atoms with Crippen LogP contribution in [-0.4, -0.2) is 30.3 Å². The van der Waals surface area contributed by atoms with Crippen molar-refractivity contribution < 1.29 is 9.94 Å². The third kappa shape index (κ3) is 3.45. The van der Waals surface area contributed by atoms with Crippen molar-refractivity contribution in [3.05, 3.63) is 35.4 Å². The normalized spacial score (nSPS) is 23.7. The number of hydrogen-bond acceptors (Lipinski definition) is 4. The topological polar surface area (TPSA) is 79.9 Å². The number of nitrogens with one attached hydrogen (secondary N) is 1. The van der Waals surface area contributed by atoms with Gasteiger partial charge in [0.15, 0.2) is 5.84 Å². The summed E-state index contributed by atoms with van der Waals surface area (Å²) in [5.41, 5.74) is 7.43. The minimum atomic E-state index is 0.137. The van der Waals surface area contributed by atoms with Gasteiger partial charge in [-0.05, 0) is 30.9 Å². The molecule has 2 atom stereocenters. The Morgan fingerprint density at radius 3 is 3.11 bits per heavy atom. The Morgan fingerprint density at radius 1 is 1.53 bits per heavy atom. The monoisotopic (exact) mass is 263 g/mol. The molecule has 1 aliphatic carbocycles. The minimum absolute atomic E-state index is 0.137.